The van der Waals surface area contributed by atoms with E-state index >= 15 is 0 Å². The highest BCUT2D eigenvalue weighted by atomic mass is 32.1. The highest BCUT2D eigenvalue weighted by Gasteiger charge is 2.24. The Morgan fingerprint density at radius 3 is 2.52 bits per heavy atom. The third kappa shape index (κ3) is 5.26. The van der Waals surface area contributed by atoms with Crippen LogP contribution in [-0.2, 0) is 6.54 Å². The molecule has 1 fully saturated rings. The average Bonchev–Trinajstić information content (AvgIpc) is 3.33. The number of hydrogen-bond donors (Lipinski definition) is 0. The molecule has 7 heteroatoms. The van der Waals surface area contributed by atoms with Crippen molar-refractivity contribution in [2.45, 2.75) is 13.5 Å². The van der Waals surface area contributed by atoms with Gasteiger partial charge < -0.3 is 14.4 Å². The van der Waals surface area contributed by atoms with Crippen molar-refractivity contribution >= 4 is 23.3 Å². The first-order valence-electron chi connectivity index (χ1n) is 11.0. The van der Waals surface area contributed by atoms with Crippen molar-refractivity contribution in [1.82, 2.24) is 14.8 Å². The van der Waals surface area contributed by atoms with Crippen molar-refractivity contribution in [3.8, 4) is 22.1 Å². The number of amides is 1. The van der Waals surface area contributed by atoms with E-state index in [-0.39, 0.29) is 5.91 Å². The van der Waals surface area contributed by atoms with Crippen LogP contribution in [0.5, 0.6) is 11.5 Å². The van der Waals surface area contributed by atoms with Crippen LogP contribution >= 0.6 is 11.3 Å². The summed E-state index contributed by atoms with van der Waals surface area (Å²) in [5.41, 5.74) is 3.67. The molecule has 0 bridgehead atoms. The average molecular weight is 464 g/mol. The zero-order valence-electron chi connectivity index (χ0n) is 19.3. The fourth-order valence-electron chi connectivity index (χ4n) is 4.03. The second-order valence-electron chi connectivity index (χ2n) is 7.88. The van der Waals surface area contributed by atoms with Gasteiger partial charge in [-0.1, -0.05) is 42.5 Å². The summed E-state index contributed by atoms with van der Waals surface area (Å²) in [6.45, 7) is 5.74. The Bertz CT molecular complexity index is 1120. The van der Waals surface area contributed by atoms with E-state index in [0.717, 1.165) is 41.5 Å². The Kier molecular flexibility index (Phi) is 7.42. The molecule has 1 aromatic heterocycles. The van der Waals surface area contributed by atoms with Crippen molar-refractivity contribution in [3.05, 3.63) is 70.7 Å². The van der Waals surface area contributed by atoms with Gasteiger partial charge in [0.1, 0.15) is 5.01 Å². The second kappa shape index (κ2) is 10.6. The summed E-state index contributed by atoms with van der Waals surface area (Å²) in [7, 11) is 3.20. The van der Waals surface area contributed by atoms with Crippen molar-refractivity contribution in [3.63, 3.8) is 0 Å². The van der Waals surface area contributed by atoms with Crippen LogP contribution in [0.1, 0.15) is 28.5 Å². The number of thiazole rings is 1. The van der Waals surface area contributed by atoms with Gasteiger partial charge in [-0.15, -0.1) is 11.3 Å². The maximum absolute atomic E-state index is 13.2. The molecule has 0 aliphatic carbocycles. The van der Waals surface area contributed by atoms with Gasteiger partial charge in [-0.3, -0.25) is 9.69 Å². The highest BCUT2D eigenvalue weighted by Crippen LogP contribution is 2.34. The lowest BCUT2D eigenvalue weighted by atomic mass is 10.1. The van der Waals surface area contributed by atoms with Crippen LogP contribution < -0.4 is 9.47 Å². The summed E-state index contributed by atoms with van der Waals surface area (Å²) in [4.78, 5) is 22.3. The lowest BCUT2D eigenvalue weighted by Gasteiger charge is -2.34. The minimum absolute atomic E-state index is 0.0152. The van der Waals surface area contributed by atoms with Crippen LogP contribution in [0.3, 0.4) is 0 Å². The lowest BCUT2D eigenvalue weighted by molar-refractivity contribution is 0.0627. The third-order valence-electron chi connectivity index (χ3n) is 5.72. The molecule has 33 heavy (non-hydrogen) atoms. The number of ether oxygens (including phenoxy) is 2. The Balaban J connectivity index is 1.39. The predicted molar refractivity (Wildman–Crippen MR) is 133 cm³/mol. The maximum Gasteiger partial charge on any atom is 0.254 e. The van der Waals surface area contributed by atoms with Crippen molar-refractivity contribution in [2.24, 2.45) is 0 Å². The molecule has 0 atom stereocenters. The van der Waals surface area contributed by atoms with E-state index in [0.29, 0.717) is 30.2 Å². The maximum atomic E-state index is 13.2. The van der Waals surface area contributed by atoms with Gasteiger partial charge in [0.15, 0.2) is 11.5 Å². The molecule has 1 aliphatic heterocycles. The largest absolute Gasteiger partial charge is 0.493 e. The summed E-state index contributed by atoms with van der Waals surface area (Å²) < 4.78 is 11.0. The summed E-state index contributed by atoms with van der Waals surface area (Å²) in [6, 6.07) is 13.9. The molecular weight excluding hydrogens is 434 g/mol. The molecule has 172 valence electrons. The summed E-state index contributed by atoms with van der Waals surface area (Å²) in [5.74, 6) is 1.21. The number of carbonyl (C=O) groups is 1. The van der Waals surface area contributed by atoms with Crippen molar-refractivity contribution in [2.75, 3.05) is 40.4 Å². The van der Waals surface area contributed by atoms with Gasteiger partial charge in [0.25, 0.3) is 5.91 Å². The SMILES string of the molecule is C/C=C/c1cc(C(=O)N2CCN(Cc3csc(-c4ccccc4)n3)CC2)cc(OC)c1OC. The number of nitrogens with zero attached hydrogens (tertiary/aromatic N) is 3. The van der Waals surface area contributed by atoms with Gasteiger partial charge in [0.2, 0.25) is 0 Å². The van der Waals surface area contributed by atoms with E-state index in [1.807, 2.05) is 48.2 Å². The van der Waals surface area contributed by atoms with E-state index in [2.05, 4.69) is 22.4 Å². The molecule has 1 aliphatic rings. The number of hydrogen-bond acceptors (Lipinski definition) is 6. The molecule has 0 unspecified atom stereocenters. The van der Waals surface area contributed by atoms with Crippen LogP contribution in [0, 0.1) is 0 Å². The van der Waals surface area contributed by atoms with Crippen LogP contribution in [0.25, 0.3) is 16.6 Å². The van der Waals surface area contributed by atoms with Crippen LogP contribution in [0.15, 0.2) is 53.9 Å². The standard InChI is InChI=1S/C26H29N3O3S/c1-4-8-20-15-21(16-23(31-2)24(20)32-3)26(30)29-13-11-28(12-14-29)17-22-18-33-25(27-22)19-9-6-5-7-10-19/h4-10,15-16,18H,11-14,17H2,1-3H3/b8-4+. The van der Waals surface area contributed by atoms with Gasteiger partial charge in [0.05, 0.1) is 19.9 Å². The Morgan fingerprint density at radius 2 is 1.85 bits per heavy atom. The van der Waals surface area contributed by atoms with E-state index in [4.69, 9.17) is 14.5 Å². The van der Waals surface area contributed by atoms with E-state index in [1.165, 1.54) is 0 Å². The molecule has 0 saturated carbocycles. The second-order valence-corrected chi connectivity index (χ2v) is 8.74. The van der Waals surface area contributed by atoms with Gasteiger partial charge in [-0.25, -0.2) is 4.98 Å². The van der Waals surface area contributed by atoms with E-state index in [9.17, 15) is 4.79 Å². The molecule has 0 spiro atoms. The summed E-state index contributed by atoms with van der Waals surface area (Å²) in [6.07, 6.45) is 3.85. The monoisotopic (exact) mass is 463 g/mol. The molecule has 1 saturated heterocycles. The Labute approximate surface area is 199 Å². The van der Waals surface area contributed by atoms with Crippen molar-refractivity contribution < 1.29 is 14.3 Å². The minimum atomic E-state index is 0.0152. The summed E-state index contributed by atoms with van der Waals surface area (Å²) >= 11 is 1.68. The van der Waals surface area contributed by atoms with Gasteiger partial charge in [-0.05, 0) is 19.1 Å². The topological polar surface area (TPSA) is 54.9 Å². The number of piperazine rings is 1. The lowest BCUT2D eigenvalue weighted by Crippen LogP contribution is -2.48. The molecule has 0 N–H and O–H groups in total. The van der Waals surface area contributed by atoms with E-state index < -0.39 is 0 Å². The number of aromatic nitrogens is 1. The van der Waals surface area contributed by atoms with Gasteiger partial charge in [-0.2, -0.15) is 0 Å². The van der Waals surface area contributed by atoms with Crippen molar-refractivity contribution in [1.29, 1.82) is 0 Å². The zero-order chi connectivity index (χ0) is 23.2. The first kappa shape index (κ1) is 23.0. The smallest absolute Gasteiger partial charge is 0.254 e. The normalized spacial score (nSPS) is 14.6. The van der Waals surface area contributed by atoms with Crippen LogP contribution in [-0.4, -0.2) is 61.1 Å². The molecule has 2 heterocycles. The molecule has 3 aromatic rings. The van der Waals surface area contributed by atoms with E-state index in [1.54, 1.807) is 31.6 Å². The Morgan fingerprint density at radius 1 is 1.09 bits per heavy atom. The van der Waals surface area contributed by atoms with Crippen LogP contribution in [0.2, 0.25) is 0 Å². The molecule has 6 nitrogen and oxygen atoms in total. The van der Waals surface area contributed by atoms with Gasteiger partial charge >= 0.3 is 0 Å². The fourth-order valence-corrected chi connectivity index (χ4v) is 4.85. The first-order valence-corrected chi connectivity index (χ1v) is 11.9. The fraction of sp³-hybridized carbons (Fsp3) is 0.308. The predicted octanol–water partition coefficient (Wildman–Crippen LogP) is 4.82. The molecule has 0 radical (unpaired) electrons. The molecule has 2 aromatic carbocycles. The first-order chi connectivity index (χ1) is 16.1. The zero-order valence-corrected chi connectivity index (χ0v) is 20.1. The number of methoxy groups -OCH3 is 2. The highest BCUT2D eigenvalue weighted by molar-refractivity contribution is 7.13. The Hall–Kier alpha value is -3.16. The van der Waals surface area contributed by atoms with Gasteiger partial charge in [0, 0.05) is 54.8 Å². The molecular formula is C26H29N3O3S. The third-order valence-corrected chi connectivity index (χ3v) is 6.66. The summed E-state index contributed by atoms with van der Waals surface area (Å²) in [5, 5.41) is 3.18. The number of benzene rings is 2. The van der Waals surface area contributed by atoms with Crippen LogP contribution in [0.4, 0.5) is 0 Å². The quantitative estimate of drug-likeness (QED) is 0.503. The number of carbonyl (C=O) groups excluding carboxylic acids is 1. The molecule has 1 amide bonds. The number of allylic oxidation sites excluding steroid dienone is 1. The number of rotatable bonds is 7. The molecule has 4 rings (SSSR count). The minimum Gasteiger partial charge on any atom is -0.493 e.